The Morgan fingerprint density at radius 2 is 1.67 bits per heavy atom. The van der Waals surface area contributed by atoms with Crippen LogP contribution in [0.4, 0.5) is 0 Å². The zero-order valence-electron chi connectivity index (χ0n) is 14.3. The Kier molecular flexibility index (Phi) is 5.34. The van der Waals surface area contributed by atoms with Crippen LogP contribution in [0.2, 0.25) is 0 Å². The Morgan fingerprint density at radius 3 is 2.42 bits per heavy atom. The van der Waals surface area contributed by atoms with E-state index >= 15 is 0 Å². The number of rotatable bonds is 7. The van der Waals surface area contributed by atoms with Crippen LogP contribution in [0.3, 0.4) is 0 Å². The van der Waals surface area contributed by atoms with E-state index in [1.54, 1.807) is 7.11 Å². The Labute approximate surface area is 143 Å². The van der Waals surface area contributed by atoms with Gasteiger partial charge in [0, 0.05) is 5.56 Å². The number of fused-ring (bicyclic) bond motifs is 1. The van der Waals surface area contributed by atoms with Crippen LogP contribution in [-0.2, 0) is 13.1 Å². The van der Waals surface area contributed by atoms with Crippen molar-refractivity contribution in [2.75, 3.05) is 13.7 Å². The molecule has 0 spiro atoms. The quantitative estimate of drug-likeness (QED) is 0.722. The minimum atomic E-state index is 0.684. The third-order valence-electron chi connectivity index (χ3n) is 4.19. The molecule has 0 aromatic heterocycles. The van der Waals surface area contributed by atoms with E-state index in [4.69, 9.17) is 9.47 Å². The fourth-order valence-electron chi connectivity index (χ4n) is 2.96. The van der Waals surface area contributed by atoms with Gasteiger partial charge in [-0.15, -0.1) is 0 Å². The lowest BCUT2D eigenvalue weighted by molar-refractivity contribution is -0.686. The average Bonchev–Trinajstić information content (AvgIpc) is 2.64. The molecule has 3 aromatic rings. The minimum Gasteiger partial charge on any atom is -0.497 e. The van der Waals surface area contributed by atoms with Crippen LogP contribution in [0, 0.1) is 0 Å². The molecule has 0 fully saturated rings. The van der Waals surface area contributed by atoms with Crippen LogP contribution in [0.15, 0.2) is 60.7 Å². The number of ether oxygens (including phenoxy) is 2. The summed E-state index contributed by atoms with van der Waals surface area (Å²) in [6.45, 7) is 4.53. The van der Waals surface area contributed by atoms with Crippen molar-refractivity contribution in [2.24, 2.45) is 0 Å². The molecule has 3 heteroatoms. The molecule has 0 saturated carbocycles. The van der Waals surface area contributed by atoms with E-state index in [2.05, 4.69) is 53.8 Å². The summed E-state index contributed by atoms with van der Waals surface area (Å²) in [6.07, 6.45) is 0. The third kappa shape index (κ3) is 3.69. The monoisotopic (exact) mass is 322 g/mol. The van der Waals surface area contributed by atoms with E-state index in [0.29, 0.717) is 6.61 Å². The van der Waals surface area contributed by atoms with Crippen molar-refractivity contribution < 1.29 is 14.8 Å². The Bertz CT molecular complexity index is 797. The molecule has 0 aliphatic heterocycles. The van der Waals surface area contributed by atoms with Crippen molar-refractivity contribution in [1.82, 2.24) is 0 Å². The first-order valence-corrected chi connectivity index (χ1v) is 8.40. The van der Waals surface area contributed by atoms with Crippen LogP contribution in [-0.4, -0.2) is 13.7 Å². The number of hydrogen-bond acceptors (Lipinski definition) is 2. The van der Waals surface area contributed by atoms with Crippen LogP contribution in [0.5, 0.6) is 11.5 Å². The second-order valence-corrected chi connectivity index (χ2v) is 5.74. The van der Waals surface area contributed by atoms with Gasteiger partial charge in [0.05, 0.1) is 19.3 Å². The van der Waals surface area contributed by atoms with Gasteiger partial charge in [0.15, 0.2) is 0 Å². The number of benzene rings is 3. The van der Waals surface area contributed by atoms with Gasteiger partial charge in [0.2, 0.25) is 0 Å². The average molecular weight is 322 g/mol. The van der Waals surface area contributed by atoms with Gasteiger partial charge in [-0.25, -0.2) is 0 Å². The molecule has 24 heavy (non-hydrogen) atoms. The van der Waals surface area contributed by atoms with Gasteiger partial charge in [0.25, 0.3) is 0 Å². The Morgan fingerprint density at radius 1 is 0.875 bits per heavy atom. The fourth-order valence-corrected chi connectivity index (χ4v) is 2.96. The number of methoxy groups -OCH3 is 1. The van der Waals surface area contributed by atoms with Crippen LogP contribution in [0.1, 0.15) is 18.1 Å². The van der Waals surface area contributed by atoms with Gasteiger partial charge in [-0.3, -0.25) is 0 Å². The number of nitrogens with two attached hydrogens (primary N) is 1. The second kappa shape index (κ2) is 7.84. The third-order valence-corrected chi connectivity index (χ3v) is 4.19. The van der Waals surface area contributed by atoms with Gasteiger partial charge in [-0.1, -0.05) is 30.3 Å². The topological polar surface area (TPSA) is 35.1 Å². The molecule has 0 aliphatic rings. The first kappa shape index (κ1) is 16.3. The van der Waals surface area contributed by atoms with Gasteiger partial charge in [-0.2, -0.15) is 0 Å². The molecule has 0 aliphatic carbocycles. The van der Waals surface area contributed by atoms with Crippen molar-refractivity contribution in [3.05, 3.63) is 71.8 Å². The van der Waals surface area contributed by atoms with E-state index in [1.165, 1.54) is 21.9 Å². The second-order valence-electron chi connectivity index (χ2n) is 5.74. The normalized spacial score (nSPS) is 10.8. The van der Waals surface area contributed by atoms with Crippen molar-refractivity contribution in [2.45, 2.75) is 20.0 Å². The largest absolute Gasteiger partial charge is 0.497 e. The first-order valence-electron chi connectivity index (χ1n) is 8.40. The van der Waals surface area contributed by atoms with E-state index < -0.39 is 0 Å². The molecule has 0 bridgehead atoms. The highest BCUT2D eigenvalue weighted by atomic mass is 16.5. The molecule has 0 saturated heterocycles. The van der Waals surface area contributed by atoms with Crippen LogP contribution in [0.25, 0.3) is 10.8 Å². The molecule has 0 radical (unpaired) electrons. The highest BCUT2D eigenvalue weighted by Gasteiger charge is 2.10. The Hall–Kier alpha value is -2.52. The molecule has 3 rings (SSSR count). The molecule has 0 atom stereocenters. The standard InChI is InChI=1S/C21H23NO2/c1-3-24-21-13-10-17-6-4-5-7-19(17)20(21)15-22-14-16-8-11-18(23-2)12-9-16/h4-13,22H,3,14-15H2,1-2H3/p+1. The molecule has 124 valence electrons. The van der Waals surface area contributed by atoms with Gasteiger partial charge < -0.3 is 14.8 Å². The predicted octanol–water partition coefficient (Wildman–Crippen LogP) is 3.51. The van der Waals surface area contributed by atoms with Crippen LogP contribution < -0.4 is 14.8 Å². The Balaban J connectivity index is 1.76. The van der Waals surface area contributed by atoms with E-state index in [1.807, 2.05) is 19.1 Å². The maximum Gasteiger partial charge on any atom is 0.128 e. The van der Waals surface area contributed by atoms with Gasteiger partial charge >= 0.3 is 0 Å². The molecular formula is C21H24NO2+. The summed E-state index contributed by atoms with van der Waals surface area (Å²) >= 11 is 0. The zero-order valence-corrected chi connectivity index (χ0v) is 14.3. The molecule has 0 unspecified atom stereocenters. The van der Waals surface area contributed by atoms with Crippen molar-refractivity contribution in [1.29, 1.82) is 0 Å². The van der Waals surface area contributed by atoms with Crippen molar-refractivity contribution in [3.8, 4) is 11.5 Å². The highest BCUT2D eigenvalue weighted by Crippen LogP contribution is 2.27. The molecule has 3 nitrogen and oxygen atoms in total. The van der Waals surface area contributed by atoms with Crippen LogP contribution >= 0.6 is 0 Å². The van der Waals surface area contributed by atoms with Gasteiger partial charge in [-0.05, 0) is 48.0 Å². The number of quaternary nitrogens is 1. The summed E-state index contributed by atoms with van der Waals surface area (Å²) in [7, 11) is 1.69. The van der Waals surface area contributed by atoms with Crippen molar-refractivity contribution >= 4 is 10.8 Å². The molecule has 0 heterocycles. The van der Waals surface area contributed by atoms with E-state index in [0.717, 1.165) is 24.6 Å². The lowest BCUT2D eigenvalue weighted by atomic mass is 10.0. The summed E-state index contributed by atoms with van der Waals surface area (Å²) in [5.74, 6) is 1.88. The fraction of sp³-hybridized carbons (Fsp3) is 0.238. The summed E-state index contributed by atoms with van der Waals surface area (Å²) in [5, 5.41) is 4.84. The maximum atomic E-state index is 5.84. The summed E-state index contributed by atoms with van der Waals surface area (Å²) in [5.41, 5.74) is 2.55. The lowest BCUT2D eigenvalue weighted by Gasteiger charge is -2.13. The smallest absolute Gasteiger partial charge is 0.128 e. The predicted molar refractivity (Wildman–Crippen MR) is 97.4 cm³/mol. The SMILES string of the molecule is CCOc1ccc2ccccc2c1C[NH2+]Cc1ccc(OC)cc1. The summed E-state index contributed by atoms with van der Waals surface area (Å²) in [6, 6.07) is 20.9. The van der Waals surface area contributed by atoms with E-state index in [-0.39, 0.29) is 0 Å². The van der Waals surface area contributed by atoms with Crippen molar-refractivity contribution in [3.63, 3.8) is 0 Å². The molecular weight excluding hydrogens is 298 g/mol. The molecule has 0 amide bonds. The zero-order chi connectivity index (χ0) is 16.8. The van der Waals surface area contributed by atoms with E-state index in [9.17, 15) is 0 Å². The molecule has 2 N–H and O–H groups in total. The maximum absolute atomic E-state index is 5.84. The highest BCUT2D eigenvalue weighted by molar-refractivity contribution is 5.87. The molecule has 3 aromatic carbocycles. The van der Waals surface area contributed by atoms with Gasteiger partial charge in [0.1, 0.15) is 24.6 Å². The first-order chi connectivity index (χ1) is 11.8. The summed E-state index contributed by atoms with van der Waals surface area (Å²) in [4.78, 5) is 0. The number of hydrogen-bond donors (Lipinski definition) is 1. The lowest BCUT2D eigenvalue weighted by Crippen LogP contribution is -2.80. The minimum absolute atomic E-state index is 0.684. The summed E-state index contributed by atoms with van der Waals surface area (Å²) < 4.78 is 11.0.